The van der Waals surface area contributed by atoms with Gasteiger partial charge in [-0.1, -0.05) is 18.7 Å². The molecular weight excluding hydrogens is 151 g/mol. The van der Waals surface area contributed by atoms with E-state index in [4.69, 9.17) is 0 Å². The predicted molar refractivity (Wildman–Crippen MR) is 48.5 cm³/mol. The first-order chi connectivity index (χ1) is 5.81. The van der Waals surface area contributed by atoms with E-state index in [0.29, 0.717) is 11.5 Å². The average molecular weight is 162 g/mol. The number of benzene rings is 1. The smallest absolute Gasteiger partial charge is 0.130 e. The first-order valence-corrected chi connectivity index (χ1v) is 4.23. The van der Waals surface area contributed by atoms with Crippen LogP contribution in [-0.4, -0.2) is 0 Å². The highest BCUT2D eigenvalue weighted by Crippen LogP contribution is 2.40. The van der Waals surface area contributed by atoms with Gasteiger partial charge in [-0.2, -0.15) is 0 Å². The summed E-state index contributed by atoms with van der Waals surface area (Å²) in [6.45, 7) is 3.57. The summed E-state index contributed by atoms with van der Waals surface area (Å²) in [6, 6.07) is 5.31. The quantitative estimate of drug-likeness (QED) is 0.625. The van der Waals surface area contributed by atoms with Gasteiger partial charge in [0.25, 0.3) is 0 Å². The van der Waals surface area contributed by atoms with E-state index in [2.05, 4.69) is 6.58 Å². The Morgan fingerprint density at radius 2 is 2.17 bits per heavy atom. The van der Waals surface area contributed by atoms with E-state index >= 15 is 0 Å². The van der Waals surface area contributed by atoms with Gasteiger partial charge in [-0.3, -0.25) is 0 Å². The molecule has 0 N–H and O–H groups in total. The van der Waals surface area contributed by atoms with Crippen LogP contribution < -0.4 is 0 Å². The van der Waals surface area contributed by atoms with Crippen molar-refractivity contribution in [1.29, 1.82) is 0 Å². The van der Waals surface area contributed by atoms with Crippen molar-refractivity contribution in [3.8, 4) is 0 Å². The Labute approximate surface area is 71.7 Å². The molecule has 1 aromatic rings. The molecule has 12 heavy (non-hydrogen) atoms. The number of hydrogen-bond donors (Lipinski definition) is 0. The van der Waals surface area contributed by atoms with E-state index in [1.54, 1.807) is 6.08 Å². The minimum absolute atomic E-state index is 0.172. The fraction of sp³-hybridized carbons (Fsp3) is 0.273. The number of rotatable bonds is 2. The third kappa shape index (κ3) is 1.27. The molecule has 2 rings (SSSR count). The standard InChI is InChI=1S/C11H11F/c1-2-8-7-10(9-3-4-9)5-6-11(8)12/h2,5-7,9H,1,3-4H2. The lowest BCUT2D eigenvalue weighted by Gasteiger charge is -2.00. The second kappa shape index (κ2) is 2.74. The third-order valence-corrected chi connectivity index (χ3v) is 2.29. The Morgan fingerprint density at radius 1 is 1.42 bits per heavy atom. The van der Waals surface area contributed by atoms with E-state index < -0.39 is 0 Å². The molecule has 0 saturated heterocycles. The zero-order valence-corrected chi connectivity index (χ0v) is 6.89. The highest BCUT2D eigenvalue weighted by Gasteiger charge is 2.23. The summed E-state index contributed by atoms with van der Waals surface area (Å²) in [6.07, 6.45) is 4.08. The molecule has 1 aliphatic carbocycles. The van der Waals surface area contributed by atoms with E-state index in [-0.39, 0.29) is 5.82 Å². The molecule has 1 fully saturated rings. The topological polar surface area (TPSA) is 0 Å². The van der Waals surface area contributed by atoms with Gasteiger partial charge < -0.3 is 0 Å². The Kier molecular flexibility index (Phi) is 1.72. The summed E-state index contributed by atoms with van der Waals surface area (Å²) >= 11 is 0. The lowest BCUT2D eigenvalue weighted by atomic mass is 10.1. The van der Waals surface area contributed by atoms with Crippen LogP contribution in [0.15, 0.2) is 24.8 Å². The summed E-state index contributed by atoms with van der Waals surface area (Å²) in [5.41, 5.74) is 1.88. The highest BCUT2D eigenvalue weighted by molar-refractivity contribution is 5.49. The first kappa shape index (κ1) is 7.53. The van der Waals surface area contributed by atoms with E-state index in [1.165, 1.54) is 24.5 Å². The Morgan fingerprint density at radius 3 is 2.75 bits per heavy atom. The van der Waals surface area contributed by atoms with Crippen molar-refractivity contribution in [3.63, 3.8) is 0 Å². The SMILES string of the molecule is C=Cc1cc(C2CC2)ccc1F. The van der Waals surface area contributed by atoms with Crippen LogP contribution in [-0.2, 0) is 0 Å². The summed E-state index contributed by atoms with van der Waals surface area (Å²) < 4.78 is 13.0. The average Bonchev–Trinajstić information content (AvgIpc) is 2.88. The van der Waals surface area contributed by atoms with Crippen LogP contribution in [0.2, 0.25) is 0 Å². The van der Waals surface area contributed by atoms with Crippen LogP contribution >= 0.6 is 0 Å². The lowest BCUT2D eigenvalue weighted by molar-refractivity contribution is 0.624. The Bertz CT molecular complexity index is 311. The first-order valence-electron chi connectivity index (χ1n) is 4.23. The van der Waals surface area contributed by atoms with Crippen molar-refractivity contribution in [1.82, 2.24) is 0 Å². The Hall–Kier alpha value is -1.11. The van der Waals surface area contributed by atoms with E-state index in [0.717, 1.165) is 0 Å². The monoisotopic (exact) mass is 162 g/mol. The van der Waals surface area contributed by atoms with Crippen molar-refractivity contribution in [3.05, 3.63) is 41.7 Å². The molecule has 0 heterocycles. The number of halogens is 1. The van der Waals surface area contributed by atoms with Gasteiger partial charge in [0, 0.05) is 5.56 Å². The van der Waals surface area contributed by atoms with E-state index in [9.17, 15) is 4.39 Å². The molecule has 0 atom stereocenters. The molecule has 0 nitrogen and oxygen atoms in total. The summed E-state index contributed by atoms with van der Waals surface area (Å²) in [7, 11) is 0. The molecular formula is C11H11F. The molecule has 0 amide bonds. The van der Waals surface area contributed by atoms with Gasteiger partial charge >= 0.3 is 0 Å². The molecule has 0 aromatic heterocycles. The summed E-state index contributed by atoms with van der Waals surface area (Å²) in [4.78, 5) is 0. The maximum atomic E-state index is 13.0. The van der Waals surface area contributed by atoms with Crippen LogP contribution in [0.25, 0.3) is 6.08 Å². The van der Waals surface area contributed by atoms with Crippen molar-refractivity contribution in [2.45, 2.75) is 18.8 Å². The summed E-state index contributed by atoms with van der Waals surface area (Å²) in [5.74, 6) is 0.513. The molecule has 62 valence electrons. The molecule has 0 bridgehead atoms. The van der Waals surface area contributed by atoms with Crippen LogP contribution in [0.5, 0.6) is 0 Å². The number of hydrogen-bond acceptors (Lipinski definition) is 0. The molecule has 1 aromatic carbocycles. The van der Waals surface area contributed by atoms with Gasteiger partial charge in [0.15, 0.2) is 0 Å². The molecule has 0 unspecified atom stereocenters. The van der Waals surface area contributed by atoms with Crippen LogP contribution in [0, 0.1) is 5.82 Å². The fourth-order valence-corrected chi connectivity index (χ4v) is 1.39. The van der Waals surface area contributed by atoms with Crippen LogP contribution in [0.1, 0.15) is 29.9 Å². The minimum Gasteiger partial charge on any atom is -0.206 e. The van der Waals surface area contributed by atoms with Gasteiger partial charge in [0.05, 0.1) is 0 Å². The Balaban J connectivity index is 2.39. The van der Waals surface area contributed by atoms with Gasteiger partial charge in [-0.05, 0) is 36.5 Å². The minimum atomic E-state index is -0.172. The molecule has 0 radical (unpaired) electrons. The van der Waals surface area contributed by atoms with Crippen molar-refractivity contribution < 1.29 is 4.39 Å². The van der Waals surface area contributed by atoms with Crippen molar-refractivity contribution in [2.75, 3.05) is 0 Å². The molecule has 1 aliphatic rings. The van der Waals surface area contributed by atoms with Crippen molar-refractivity contribution >= 4 is 6.08 Å². The van der Waals surface area contributed by atoms with Gasteiger partial charge in [0.2, 0.25) is 0 Å². The van der Waals surface area contributed by atoms with Crippen molar-refractivity contribution in [2.24, 2.45) is 0 Å². The predicted octanol–water partition coefficient (Wildman–Crippen LogP) is 3.35. The van der Waals surface area contributed by atoms with Gasteiger partial charge in [0.1, 0.15) is 5.82 Å². The zero-order chi connectivity index (χ0) is 8.55. The fourth-order valence-electron chi connectivity index (χ4n) is 1.39. The maximum Gasteiger partial charge on any atom is 0.130 e. The lowest BCUT2D eigenvalue weighted by Crippen LogP contribution is -1.85. The zero-order valence-electron chi connectivity index (χ0n) is 6.89. The van der Waals surface area contributed by atoms with Gasteiger partial charge in [-0.15, -0.1) is 0 Å². The van der Waals surface area contributed by atoms with Gasteiger partial charge in [-0.25, -0.2) is 4.39 Å². The van der Waals surface area contributed by atoms with Crippen LogP contribution in [0.3, 0.4) is 0 Å². The highest BCUT2D eigenvalue weighted by atomic mass is 19.1. The maximum absolute atomic E-state index is 13.0. The van der Waals surface area contributed by atoms with Crippen LogP contribution in [0.4, 0.5) is 4.39 Å². The third-order valence-electron chi connectivity index (χ3n) is 2.29. The second-order valence-electron chi connectivity index (χ2n) is 3.26. The molecule has 0 spiro atoms. The molecule has 0 aliphatic heterocycles. The molecule has 1 saturated carbocycles. The second-order valence-corrected chi connectivity index (χ2v) is 3.26. The normalized spacial score (nSPS) is 16.1. The molecule has 1 heteroatoms. The summed E-state index contributed by atoms with van der Waals surface area (Å²) in [5, 5.41) is 0. The van der Waals surface area contributed by atoms with E-state index in [1.807, 2.05) is 12.1 Å². The largest absolute Gasteiger partial charge is 0.206 e.